The van der Waals surface area contributed by atoms with E-state index >= 15 is 0 Å². The highest BCUT2D eigenvalue weighted by Gasteiger charge is 2.25. The number of ether oxygens (including phenoxy) is 1. The maximum Gasteiger partial charge on any atom is 0.296 e. The maximum absolute atomic E-state index is 14.0. The summed E-state index contributed by atoms with van der Waals surface area (Å²) in [5.74, 6) is 1.76. The van der Waals surface area contributed by atoms with E-state index in [4.69, 9.17) is 15.5 Å². The van der Waals surface area contributed by atoms with Gasteiger partial charge in [-0.2, -0.15) is 9.97 Å². The Kier molecular flexibility index (Phi) is 6.37. The number of aromatic nitrogens is 4. The fraction of sp³-hybridized carbons (Fsp3) is 0.522. The van der Waals surface area contributed by atoms with Crippen molar-refractivity contribution in [1.82, 2.24) is 19.5 Å². The molecular formula is C23H29F2N7O. The molecule has 8 nitrogen and oxygen atoms in total. The number of benzene rings is 1. The molecule has 3 heterocycles. The summed E-state index contributed by atoms with van der Waals surface area (Å²) in [6.45, 7) is 3.28. The van der Waals surface area contributed by atoms with Crippen LogP contribution in [0, 0.1) is 5.92 Å². The van der Waals surface area contributed by atoms with E-state index < -0.39 is 6.43 Å². The van der Waals surface area contributed by atoms with Crippen LogP contribution in [0.15, 0.2) is 30.3 Å². The van der Waals surface area contributed by atoms with Crippen molar-refractivity contribution in [2.45, 2.75) is 38.2 Å². The van der Waals surface area contributed by atoms with Gasteiger partial charge in [-0.25, -0.2) is 13.8 Å². The Hall–Kier alpha value is -2.85. The second-order valence-electron chi connectivity index (χ2n) is 8.70. The first-order chi connectivity index (χ1) is 16.1. The molecular weight excluding hydrogens is 428 g/mol. The van der Waals surface area contributed by atoms with Crippen LogP contribution in [0.4, 0.5) is 20.5 Å². The molecule has 0 bridgehead atoms. The lowest BCUT2D eigenvalue weighted by Gasteiger charge is -2.30. The summed E-state index contributed by atoms with van der Waals surface area (Å²) in [5, 5.41) is 3.46. The lowest BCUT2D eigenvalue weighted by molar-refractivity contribution is 0.122. The third-order valence-electron chi connectivity index (χ3n) is 6.56. The molecule has 176 valence electrons. The molecule has 0 unspecified atom stereocenters. The van der Waals surface area contributed by atoms with Crippen LogP contribution >= 0.6 is 0 Å². The first-order valence-corrected chi connectivity index (χ1v) is 11.6. The highest BCUT2D eigenvalue weighted by molar-refractivity contribution is 5.78. The fourth-order valence-electron chi connectivity index (χ4n) is 4.71. The topological polar surface area (TPSA) is 94.1 Å². The summed E-state index contributed by atoms with van der Waals surface area (Å²) in [5.41, 5.74) is 6.93. The molecule has 3 aromatic rings. The third-order valence-corrected chi connectivity index (χ3v) is 6.56. The quantitative estimate of drug-likeness (QED) is 0.585. The second kappa shape index (κ2) is 9.56. The zero-order valence-electron chi connectivity index (χ0n) is 18.5. The molecule has 0 amide bonds. The number of morpholine rings is 1. The van der Waals surface area contributed by atoms with Crippen molar-refractivity contribution in [2.75, 3.05) is 43.1 Å². The molecule has 10 heteroatoms. The van der Waals surface area contributed by atoms with Crippen molar-refractivity contribution in [2.24, 2.45) is 11.7 Å². The van der Waals surface area contributed by atoms with Crippen molar-refractivity contribution in [3.8, 4) is 5.82 Å². The summed E-state index contributed by atoms with van der Waals surface area (Å²) >= 11 is 0. The normalized spacial score (nSPS) is 21.6. The van der Waals surface area contributed by atoms with Crippen LogP contribution in [0.25, 0.3) is 16.9 Å². The van der Waals surface area contributed by atoms with Gasteiger partial charge in [0.1, 0.15) is 11.6 Å². The number of alkyl halides is 2. The van der Waals surface area contributed by atoms with E-state index in [1.807, 2.05) is 6.07 Å². The number of nitrogens with one attached hydrogen (secondary N) is 1. The minimum absolute atomic E-state index is 0.231. The van der Waals surface area contributed by atoms with Crippen LogP contribution in [0.3, 0.4) is 0 Å². The maximum atomic E-state index is 14.0. The van der Waals surface area contributed by atoms with E-state index in [1.54, 1.807) is 24.3 Å². The van der Waals surface area contributed by atoms with Gasteiger partial charge in [0.2, 0.25) is 5.95 Å². The Morgan fingerprint density at radius 2 is 1.76 bits per heavy atom. The highest BCUT2D eigenvalue weighted by Crippen LogP contribution is 2.30. The van der Waals surface area contributed by atoms with Crippen molar-refractivity contribution in [3.63, 3.8) is 0 Å². The number of hydrogen-bond donors (Lipinski definition) is 2. The first-order valence-electron chi connectivity index (χ1n) is 11.6. The molecule has 1 aliphatic carbocycles. The van der Waals surface area contributed by atoms with Crippen LogP contribution in [0.2, 0.25) is 0 Å². The molecule has 1 saturated heterocycles. The minimum Gasteiger partial charge on any atom is -0.378 e. The molecule has 0 radical (unpaired) electrons. The number of fused-ring (bicyclic) bond motifs is 1. The molecule has 1 saturated carbocycles. The Bertz CT molecular complexity index is 1090. The Morgan fingerprint density at radius 1 is 1.03 bits per heavy atom. The van der Waals surface area contributed by atoms with Gasteiger partial charge in [-0.3, -0.25) is 4.57 Å². The van der Waals surface area contributed by atoms with Gasteiger partial charge in [0.15, 0.2) is 5.82 Å². The van der Waals surface area contributed by atoms with Crippen LogP contribution < -0.4 is 16.0 Å². The Labute approximate surface area is 191 Å². The average Bonchev–Trinajstić information content (AvgIpc) is 3.25. The third kappa shape index (κ3) is 4.63. The number of hydrogen-bond acceptors (Lipinski definition) is 7. The summed E-state index contributed by atoms with van der Waals surface area (Å²) in [4.78, 5) is 15.7. The van der Waals surface area contributed by atoms with Gasteiger partial charge in [-0.05, 0) is 50.3 Å². The molecule has 3 N–H and O–H groups in total. The van der Waals surface area contributed by atoms with Gasteiger partial charge in [0, 0.05) is 25.2 Å². The van der Waals surface area contributed by atoms with E-state index in [9.17, 15) is 8.78 Å². The Balaban J connectivity index is 1.55. The number of para-hydroxylation sites is 2. The SMILES string of the molecule is NC[C@H]1CC[C@H](Nc2nc(N3CCOCC3)cc(-n3c(C(F)F)nc4ccccc43)n2)CC1. The number of anilines is 2. The molecule has 1 aliphatic heterocycles. The van der Waals surface area contributed by atoms with Crippen molar-refractivity contribution < 1.29 is 13.5 Å². The standard InChI is InChI=1S/C23H29F2N7O/c24-21(25)22-28-17-3-1-2-4-18(17)32(22)20-13-19(31-9-11-33-12-10-31)29-23(30-20)27-16-7-5-15(14-26)6-8-16/h1-4,13,15-16,21H,5-12,14,26H2,(H,27,29,30)/t15-,16-. The van der Waals surface area contributed by atoms with Crippen molar-refractivity contribution in [3.05, 3.63) is 36.2 Å². The van der Waals surface area contributed by atoms with Crippen LogP contribution in [-0.2, 0) is 4.74 Å². The predicted octanol–water partition coefficient (Wildman–Crippen LogP) is 3.52. The van der Waals surface area contributed by atoms with Gasteiger partial charge >= 0.3 is 0 Å². The summed E-state index contributed by atoms with van der Waals surface area (Å²) < 4.78 is 34.9. The number of nitrogens with two attached hydrogens (primary N) is 1. The van der Waals surface area contributed by atoms with Crippen LogP contribution in [-0.4, -0.2) is 58.4 Å². The largest absolute Gasteiger partial charge is 0.378 e. The average molecular weight is 458 g/mol. The lowest BCUT2D eigenvalue weighted by atomic mass is 9.86. The number of halogens is 2. The summed E-state index contributed by atoms with van der Waals surface area (Å²) in [6, 6.07) is 9.12. The van der Waals surface area contributed by atoms with E-state index in [2.05, 4.69) is 20.2 Å². The van der Waals surface area contributed by atoms with Gasteiger partial charge in [0.05, 0.1) is 24.2 Å². The van der Waals surface area contributed by atoms with Crippen LogP contribution in [0.1, 0.15) is 37.9 Å². The van der Waals surface area contributed by atoms with Crippen molar-refractivity contribution >= 4 is 22.8 Å². The molecule has 2 fully saturated rings. The van der Waals surface area contributed by atoms with Crippen molar-refractivity contribution in [1.29, 1.82) is 0 Å². The van der Waals surface area contributed by atoms with Gasteiger partial charge in [-0.15, -0.1) is 0 Å². The molecule has 1 aromatic carbocycles. The summed E-state index contributed by atoms with van der Waals surface area (Å²) in [7, 11) is 0. The monoisotopic (exact) mass is 457 g/mol. The molecule has 33 heavy (non-hydrogen) atoms. The first kappa shape index (κ1) is 22.0. The Morgan fingerprint density at radius 3 is 2.48 bits per heavy atom. The molecule has 5 rings (SSSR count). The van der Waals surface area contributed by atoms with E-state index in [1.165, 1.54) is 4.57 Å². The fourth-order valence-corrected chi connectivity index (χ4v) is 4.71. The second-order valence-corrected chi connectivity index (χ2v) is 8.70. The van der Waals surface area contributed by atoms with Gasteiger partial charge < -0.3 is 20.7 Å². The molecule has 2 aliphatic rings. The lowest BCUT2D eigenvalue weighted by Crippen LogP contribution is -2.37. The molecule has 0 spiro atoms. The van der Waals surface area contributed by atoms with E-state index in [-0.39, 0.29) is 11.9 Å². The summed E-state index contributed by atoms with van der Waals surface area (Å²) in [6.07, 6.45) is 1.36. The number of rotatable bonds is 6. The zero-order chi connectivity index (χ0) is 22.8. The van der Waals surface area contributed by atoms with Crippen LogP contribution in [0.5, 0.6) is 0 Å². The smallest absolute Gasteiger partial charge is 0.296 e. The predicted molar refractivity (Wildman–Crippen MR) is 123 cm³/mol. The van der Waals surface area contributed by atoms with E-state index in [0.29, 0.717) is 67.4 Å². The number of imidazole rings is 1. The van der Waals surface area contributed by atoms with Gasteiger partial charge in [-0.1, -0.05) is 12.1 Å². The zero-order valence-corrected chi connectivity index (χ0v) is 18.5. The number of nitrogens with zero attached hydrogens (tertiary/aromatic N) is 5. The van der Waals surface area contributed by atoms with Gasteiger partial charge in [0.25, 0.3) is 6.43 Å². The highest BCUT2D eigenvalue weighted by atomic mass is 19.3. The minimum atomic E-state index is -2.73. The van der Waals surface area contributed by atoms with E-state index in [0.717, 1.165) is 25.7 Å². The molecule has 0 atom stereocenters. The molecule has 2 aromatic heterocycles.